The average molecular weight is 302 g/mol. The van der Waals surface area contributed by atoms with E-state index in [1.165, 1.54) is 0 Å². The van der Waals surface area contributed by atoms with Gasteiger partial charge in [-0.3, -0.25) is 4.79 Å². The minimum atomic E-state index is -3.07. The van der Waals surface area contributed by atoms with Gasteiger partial charge in [-0.1, -0.05) is 12.8 Å². The lowest BCUT2D eigenvalue weighted by Gasteiger charge is -2.22. The van der Waals surface area contributed by atoms with Gasteiger partial charge in [-0.05, 0) is 44.7 Å². The third kappa shape index (κ3) is 4.74. The molecule has 1 heterocycles. The Morgan fingerprint density at radius 3 is 2.55 bits per heavy atom. The summed E-state index contributed by atoms with van der Waals surface area (Å²) >= 11 is 0. The lowest BCUT2D eigenvalue weighted by Crippen LogP contribution is -2.38. The molecule has 5 nitrogen and oxygen atoms in total. The highest BCUT2D eigenvalue weighted by molar-refractivity contribution is 7.92. The summed E-state index contributed by atoms with van der Waals surface area (Å²) in [5.41, 5.74) is 0. The van der Waals surface area contributed by atoms with Gasteiger partial charge in [-0.15, -0.1) is 0 Å². The highest BCUT2D eigenvalue weighted by Crippen LogP contribution is 2.25. The predicted octanol–water partition coefficient (Wildman–Crippen LogP) is 0.850. The number of carbonyl (C=O) groups excluding carboxylic acids is 1. The summed E-state index contributed by atoms with van der Waals surface area (Å²) in [5, 5.41) is 5.98. The molecule has 1 saturated heterocycles. The van der Waals surface area contributed by atoms with Gasteiger partial charge in [0.1, 0.15) is 0 Å². The van der Waals surface area contributed by atoms with E-state index in [9.17, 15) is 13.2 Å². The van der Waals surface area contributed by atoms with Crippen molar-refractivity contribution in [2.45, 2.75) is 50.2 Å². The fourth-order valence-corrected chi connectivity index (χ4v) is 4.95. The van der Waals surface area contributed by atoms with E-state index in [-0.39, 0.29) is 23.3 Å². The average Bonchev–Trinajstić information content (AvgIpc) is 2.99. The number of rotatable bonds is 6. The second-order valence-electron chi connectivity index (χ2n) is 6.04. The van der Waals surface area contributed by atoms with Crippen molar-refractivity contribution in [3.63, 3.8) is 0 Å². The lowest BCUT2D eigenvalue weighted by atomic mass is 10.00. The van der Waals surface area contributed by atoms with Crippen LogP contribution in [0.2, 0.25) is 0 Å². The highest BCUT2D eigenvalue weighted by atomic mass is 32.2. The van der Waals surface area contributed by atoms with E-state index in [1.807, 2.05) is 0 Å². The second-order valence-corrected chi connectivity index (χ2v) is 8.44. The molecule has 2 aliphatic rings. The molecule has 0 bridgehead atoms. The minimum absolute atomic E-state index is 0.00637. The largest absolute Gasteiger partial charge is 0.356 e. The Bertz CT molecular complexity index is 410. The number of amides is 1. The van der Waals surface area contributed by atoms with Crippen LogP contribution in [0.25, 0.3) is 0 Å². The van der Waals surface area contributed by atoms with Crippen molar-refractivity contribution >= 4 is 15.7 Å². The highest BCUT2D eigenvalue weighted by Gasteiger charge is 2.28. The maximum absolute atomic E-state index is 12.1. The molecule has 20 heavy (non-hydrogen) atoms. The lowest BCUT2D eigenvalue weighted by molar-refractivity contribution is -0.120. The van der Waals surface area contributed by atoms with Crippen molar-refractivity contribution in [3.05, 3.63) is 0 Å². The zero-order chi connectivity index (χ0) is 14.4. The first-order valence-electron chi connectivity index (χ1n) is 7.77. The first-order chi connectivity index (χ1) is 9.58. The van der Waals surface area contributed by atoms with Gasteiger partial charge in [0.15, 0.2) is 9.84 Å². The number of hydrogen-bond donors (Lipinski definition) is 2. The van der Waals surface area contributed by atoms with E-state index in [2.05, 4.69) is 10.6 Å². The Labute approximate surface area is 121 Å². The molecule has 2 N–H and O–H groups in total. The van der Waals surface area contributed by atoms with Crippen molar-refractivity contribution in [1.82, 2.24) is 10.6 Å². The van der Waals surface area contributed by atoms with Crippen LogP contribution in [0.4, 0.5) is 0 Å². The van der Waals surface area contributed by atoms with Crippen LogP contribution in [0.15, 0.2) is 0 Å². The number of sulfone groups is 1. The van der Waals surface area contributed by atoms with Gasteiger partial charge in [0.05, 0.1) is 11.0 Å². The summed E-state index contributed by atoms with van der Waals surface area (Å²) in [4.78, 5) is 11.8. The zero-order valence-corrected chi connectivity index (χ0v) is 12.9. The van der Waals surface area contributed by atoms with Crippen LogP contribution in [0.5, 0.6) is 0 Å². The van der Waals surface area contributed by atoms with Gasteiger partial charge in [0.2, 0.25) is 5.91 Å². The Hall–Kier alpha value is -0.620. The summed E-state index contributed by atoms with van der Waals surface area (Å²) in [6.45, 7) is 2.67. The molecule has 0 aromatic carbocycles. The van der Waals surface area contributed by atoms with Gasteiger partial charge in [-0.2, -0.15) is 0 Å². The van der Waals surface area contributed by atoms with Crippen LogP contribution in [0, 0.1) is 5.92 Å². The number of nitrogens with one attached hydrogen (secondary N) is 2. The summed E-state index contributed by atoms with van der Waals surface area (Å²) in [6, 6.07) is 0. The monoisotopic (exact) mass is 302 g/mol. The smallest absolute Gasteiger partial charge is 0.221 e. The van der Waals surface area contributed by atoms with Crippen molar-refractivity contribution in [2.75, 3.05) is 25.4 Å². The first kappa shape index (κ1) is 15.8. The normalized spacial score (nSPS) is 24.7. The predicted molar refractivity (Wildman–Crippen MR) is 79.3 cm³/mol. The Kier molecular flexibility index (Phi) is 5.84. The molecule has 0 spiro atoms. The molecule has 2 fully saturated rings. The van der Waals surface area contributed by atoms with Gasteiger partial charge in [0.25, 0.3) is 0 Å². The molecular formula is C14H26N2O3S. The third-order valence-electron chi connectivity index (χ3n) is 4.41. The molecule has 0 aromatic rings. The molecule has 1 amide bonds. The standard InChI is InChI=1S/C14H26N2O3S/c17-14(16-11-12-4-3-8-15-10-12)7-9-20(18,19)13-5-1-2-6-13/h12-13,15H,1-11H2,(H,16,17). The third-order valence-corrected chi connectivity index (χ3v) is 6.67. The quantitative estimate of drug-likeness (QED) is 0.763. The molecule has 0 radical (unpaired) electrons. The van der Waals surface area contributed by atoms with Crippen molar-refractivity contribution in [2.24, 2.45) is 5.92 Å². The molecule has 1 aliphatic carbocycles. The summed E-state index contributed by atoms with van der Waals surface area (Å²) in [7, 11) is -3.07. The van der Waals surface area contributed by atoms with Gasteiger partial charge in [0, 0.05) is 13.0 Å². The van der Waals surface area contributed by atoms with Gasteiger partial charge >= 0.3 is 0 Å². The zero-order valence-electron chi connectivity index (χ0n) is 12.1. The first-order valence-corrected chi connectivity index (χ1v) is 9.48. The molecule has 116 valence electrons. The van der Waals surface area contributed by atoms with Crippen LogP contribution in [0.1, 0.15) is 44.9 Å². The van der Waals surface area contributed by atoms with Crippen molar-refractivity contribution in [1.29, 1.82) is 0 Å². The molecule has 0 aromatic heterocycles. The van der Waals surface area contributed by atoms with Crippen molar-refractivity contribution in [3.8, 4) is 0 Å². The van der Waals surface area contributed by atoms with Crippen LogP contribution in [0.3, 0.4) is 0 Å². The maximum Gasteiger partial charge on any atom is 0.221 e. The molecule has 1 atom stereocenters. The number of piperidine rings is 1. The van der Waals surface area contributed by atoms with E-state index in [4.69, 9.17) is 0 Å². The van der Waals surface area contributed by atoms with Crippen molar-refractivity contribution < 1.29 is 13.2 Å². The molecule has 2 rings (SSSR count). The Morgan fingerprint density at radius 1 is 1.15 bits per heavy atom. The number of hydrogen-bond acceptors (Lipinski definition) is 4. The summed E-state index contributed by atoms with van der Waals surface area (Å²) in [6.07, 6.45) is 5.95. The van der Waals surface area contributed by atoms with E-state index in [0.29, 0.717) is 12.5 Å². The van der Waals surface area contributed by atoms with E-state index < -0.39 is 9.84 Å². The fraction of sp³-hybridized carbons (Fsp3) is 0.929. The van der Waals surface area contributed by atoms with Crippen LogP contribution >= 0.6 is 0 Å². The SMILES string of the molecule is O=C(CCS(=O)(=O)C1CCCC1)NCC1CCCNC1. The van der Waals surface area contributed by atoms with E-state index >= 15 is 0 Å². The van der Waals surface area contributed by atoms with Gasteiger partial charge in [-0.25, -0.2) is 8.42 Å². The fourth-order valence-electron chi connectivity index (χ4n) is 3.09. The molecule has 6 heteroatoms. The van der Waals surface area contributed by atoms with Crippen LogP contribution in [-0.4, -0.2) is 45.0 Å². The Morgan fingerprint density at radius 2 is 1.90 bits per heavy atom. The maximum atomic E-state index is 12.1. The summed E-state index contributed by atoms with van der Waals surface area (Å²) < 4.78 is 24.1. The molecular weight excluding hydrogens is 276 g/mol. The number of carbonyl (C=O) groups is 1. The molecule has 1 unspecified atom stereocenters. The van der Waals surface area contributed by atoms with Gasteiger partial charge < -0.3 is 10.6 Å². The molecule has 1 saturated carbocycles. The van der Waals surface area contributed by atoms with Crippen LogP contribution in [-0.2, 0) is 14.6 Å². The van der Waals surface area contributed by atoms with E-state index in [1.54, 1.807) is 0 Å². The Balaban J connectivity index is 1.66. The second kappa shape index (κ2) is 7.41. The molecule has 1 aliphatic heterocycles. The van der Waals surface area contributed by atoms with E-state index in [0.717, 1.165) is 51.6 Å². The minimum Gasteiger partial charge on any atom is -0.356 e. The van der Waals surface area contributed by atoms with Crippen LogP contribution < -0.4 is 10.6 Å². The topological polar surface area (TPSA) is 75.3 Å². The summed E-state index contributed by atoms with van der Waals surface area (Å²) in [5.74, 6) is 0.364.